The van der Waals surface area contributed by atoms with Crippen molar-refractivity contribution >= 4 is 5.65 Å². The number of aryl methyl sites for hydroxylation is 1. The molecule has 0 aromatic carbocycles. The van der Waals surface area contributed by atoms with Crippen LogP contribution in [0.1, 0.15) is 24.6 Å². The minimum Gasteiger partial charge on any atom is -0.307 e. The van der Waals surface area contributed by atoms with Crippen molar-refractivity contribution in [1.82, 2.24) is 9.38 Å². The Labute approximate surface area is 90.3 Å². The molecule has 0 aliphatic heterocycles. The van der Waals surface area contributed by atoms with Crippen molar-refractivity contribution < 1.29 is 0 Å². The third-order valence-electron chi connectivity index (χ3n) is 2.59. The monoisotopic (exact) mass is 200 g/mol. The molecule has 0 N–H and O–H groups in total. The van der Waals surface area contributed by atoms with Crippen LogP contribution in [0.2, 0.25) is 0 Å². The molecular weight excluding hydrogens is 184 g/mol. The maximum Gasteiger partial charge on any atom is 0.136 e. The summed E-state index contributed by atoms with van der Waals surface area (Å²) in [6.07, 6.45) is 6.19. The van der Waals surface area contributed by atoms with Crippen molar-refractivity contribution in [3.8, 4) is 0 Å². The lowest BCUT2D eigenvalue weighted by atomic mass is 10.1. The zero-order chi connectivity index (χ0) is 10.8. The standard InChI is InChI=1S/C13H16N2/c1-4-10(2)7-12-5-6-13-14-11(3)8-15(13)9-12/h5-6,8-9H,2,4,7H2,1,3H3. The number of aromatic nitrogens is 2. The van der Waals surface area contributed by atoms with Crippen molar-refractivity contribution in [1.29, 1.82) is 0 Å². The fourth-order valence-electron chi connectivity index (χ4n) is 1.68. The van der Waals surface area contributed by atoms with Gasteiger partial charge in [0.1, 0.15) is 5.65 Å². The highest BCUT2D eigenvalue weighted by Gasteiger charge is 2.00. The van der Waals surface area contributed by atoms with Gasteiger partial charge in [-0.15, -0.1) is 0 Å². The Kier molecular flexibility index (Phi) is 2.58. The minimum absolute atomic E-state index is 0.962. The minimum atomic E-state index is 0.962. The molecule has 78 valence electrons. The Balaban J connectivity index is 2.33. The highest BCUT2D eigenvalue weighted by Crippen LogP contribution is 2.12. The van der Waals surface area contributed by atoms with Gasteiger partial charge in [-0.3, -0.25) is 0 Å². The first-order valence-electron chi connectivity index (χ1n) is 5.30. The summed E-state index contributed by atoms with van der Waals surface area (Å²) >= 11 is 0. The molecule has 2 nitrogen and oxygen atoms in total. The third-order valence-corrected chi connectivity index (χ3v) is 2.59. The predicted molar refractivity (Wildman–Crippen MR) is 63.1 cm³/mol. The molecule has 0 amide bonds. The molecule has 2 rings (SSSR count). The topological polar surface area (TPSA) is 17.3 Å². The first-order valence-corrected chi connectivity index (χ1v) is 5.30. The van der Waals surface area contributed by atoms with E-state index in [1.807, 2.05) is 13.1 Å². The maximum atomic E-state index is 4.39. The van der Waals surface area contributed by atoms with Gasteiger partial charge in [0.05, 0.1) is 5.69 Å². The highest BCUT2D eigenvalue weighted by atomic mass is 15.0. The number of pyridine rings is 1. The Morgan fingerprint density at radius 1 is 1.40 bits per heavy atom. The van der Waals surface area contributed by atoms with Crippen molar-refractivity contribution in [2.75, 3.05) is 0 Å². The summed E-state index contributed by atoms with van der Waals surface area (Å²) in [7, 11) is 0. The molecular formula is C13H16N2. The SMILES string of the molecule is C=C(CC)Cc1ccc2nc(C)cn2c1. The Morgan fingerprint density at radius 3 is 2.93 bits per heavy atom. The second-order valence-electron chi connectivity index (χ2n) is 3.97. The van der Waals surface area contributed by atoms with Crippen LogP contribution in [-0.4, -0.2) is 9.38 Å². The zero-order valence-electron chi connectivity index (χ0n) is 9.33. The van der Waals surface area contributed by atoms with E-state index >= 15 is 0 Å². The van der Waals surface area contributed by atoms with E-state index in [2.05, 4.69) is 41.2 Å². The van der Waals surface area contributed by atoms with Gasteiger partial charge >= 0.3 is 0 Å². The lowest BCUT2D eigenvalue weighted by molar-refractivity contribution is 0.995. The molecule has 2 aromatic rings. The van der Waals surface area contributed by atoms with Crippen LogP contribution in [0.15, 0.2) is 36.7 Å². The lowest BCUT2D eigenvalue weighted by Gasteiger charge is -2.03. The van der Waals surface area contributed by atoms with E-state index < -0.39 is 0 Å². The van der Waals surface area contributed by atoms with Crippen LogP contribution in [0.4, 0.5) is 0 Å². The van der Waals surface area contributed by atoms with Crippen LogP contribution in [0.3, 0.4) is 0 Å². The van der Waals surface area contributed by atoms with Crippen LogP contribution >= 0.6 is 0 Å². The first-order chi connectivity index (χ1) is 7.19. The molecule has 15 heavy (non-hydrogen) atoms. The van der Waals surface area contributed by atoms with Crippen molar-refractivity contribution in [3.63, 3.8) is 0 Å². The molecule has 0 fully saturated rings. The van der Waals surface area contributed by atoms with Crippen LogP contribution in [-0.2, 0) is 6.42 Å². The predicted octanol–water partition coefficient (Wildman–Crippen LogP) is 3.15. The van der Waals surface area contributed by atoms with Gasteiger partial charge in [0.2, 0.25) is 0 Å². The Hall–Kier alpha value is -1.57. The molecule has 0 spiro atoms. The molecule has 0 saturated heterocycles. The van der Waals surface area contributed by atoms with E-state index in [0.717, 1.165) is 24.2 Å². The zero-order valence-corrected chi connectivity index (χ0v) is 9.33. The molecule has 0 atom stereocenters. The number of fused-ring (bicyclic) bond motifs is 1. The molecule has 0 radical (unpaired) electrons. The number of hydrogen-bond donors (Lipinski definition) is 0. The quantitative estimate of drug-likeness (QED) is 0.696. The number of imidazole rings is 1. The van der Waals surface area contributed by atoms with Gasteiger partial charge in [-0.25, -0.2) is 4.98 Å². The van der Waals surface area contributed by atoms with E-state index in [9.17, 15) is 0 Å². The highest BCUT2D eigenvalue weighted by molar-refractivity contribution is 5.41. The molecule has 0 saturated carbocycles. The van der Waals surface area contributed by atoms with Crippen LogP contribution in [0, 0.1) is 6.92 Å². The fourth-order valence-corrected chi connectivity index (χ4v) is 1.68. The maximum absolute atomic E-state index is 4.39. The molecule has 2 heterocycles. The van der Waals surface area contributed by atoms with Gasteiger partial charge in [0, 0.05) is 12.4 Å². The van der Waals surface area contributed by atoms with Gasteiger partial charge in [-0.1, -0.05) is 25.1 Å². The molecule has 0 aliphatic rings. The van der Waals surface area contributed by atoms with Gasteiger partial charge in [0.25, 0.3) is 0 Å². The molecule has 2 heteroatoms. The molecule has 0 bridgehead atoms. The van der Waals surface area contributed by atoms with Crippen molar-refractivity contribution in [2.45, 2.75) is 26.7 Å². The average molecular weight is 200 g/mol. The summed E-state index contributed by atoms with van der Waals surface area (Å²) < 4.78 is 2.08. The van der Waals surface area contributed by atoms with E-state index in [-0.39, 0.29) is 0 Å². The first kappa shape index (κ1) is 9.97. The summed E-state index contributed by atoms with van der Waals surface area (Å²) in [5.41, 5.74) is 4.64. The van der Waals surface area contributed by atoms with Crippen molar-refractivity contribution in [2.24, 2.45) is 0 Å². The lowest BCUT2D eigenvalue weighted by Crippen LogP contribution is -1.91. The number of allylic oxidation sites excluding steroid dienone is 1. The van der Waals surface area contributed by atoms with Gasteiger partial charge in [-0.2, -0.15) is 0 Å². The smallest absolute Gasteiger partial charge is 0.136 e. The summed E-state index contributed by atoms with van der Waals surface area (Å²) in [5, 5.41) is 0. The molecule has 2 aromatic heterocycles. The van der Waals surface area contributed by atoms with Crippen LogP contribution < -0.4 is 0 Å². The summed E-state index contributed by atoms with van der Waals surface area (Å²) in [6.45, 7) is 8.18. The number of hydrogen-bond acceptors (Lipinski definition) is 1. The molecule has 0 unspecified atom stereocenters. The van der Waals surface area contributed by atoms with E-state index in [1.54, 1.807) is 0 Å². The van der Waals surface area contributed by atoms with E-state index in [0.29, 0.717) is 0 Å². The normalized spacial score (nSPS) is 10.8. The van der Waals surface area contributed by atoms with Gasteiger partial charge < -0.3 is 4.40 Å². The average Bonchev–Trinajstić information content (AvgIpc) is 2.57. The largest absolute Gasteiger partial charge is 0.307 e. The van der Waals surface area contributed by atoms with Crippen molar-refractivity contribution in [3.05, 3.63) is 47.9 Å². The van der Waals surface area contributed by atoms with E-state index in [4.69, 9.17) is 0 Å². The summed E-state index contributed by atoms with van der Waals surface area (Å²) in [4.78, 5) is 4.39. The van der Waals surface area contributed by atoms with E-state index in [1.165, 1.54) is 11.1 Å². The Morgan fingerprint density at radius 2 is 2.20 bits per heavy atom. The van der Waals surface area contributed by atoms with Gasteiger partial charge in [0.15, 0.2) is 0 Å². The fraction of sp³-hybridized carbons (Fsp3) is 0.308. The Bertz CT molecular complexity index is 494. The second-order valence-corrected chi connectivity index (χ2v) is 3.97. The number of rotatable bonds is 3. The van der Waals surface area contributed by atoms with Crippen LogP contribution in [0.25, 0.3) is 5.65 Å². The summed E-state index contributed by atoms with van der Waals surface area (Å²) in [5.74, 6) is 0. The van der Waals surface area contributed by atoms with Gasteiger partial charge in [-0.05, 0) is 31.4 Å². The molecule has 0 aliphatic carbocycles. The number of nitrogens with zero attached hydrogens (tertiary/aromatic N) is 2. The second kappa shape index (κ2) is 3.89. The third kappa shape index (κ3) is 2.09. The van der Waals surface area contributed by atoms with Crippen LogP contribution in [0.5, 0.6) is 0 Å². The summed E-state index contributed by atoms with van der Waals surface area (Å²) in [6, 6.07) is 4.19.